The number of hydrogen-bond donors (Lipinski definition) is 3. The van der Waals surface area contributed by atoms with Gasteiger partial charge in [-0.1, -0.05) is 67.3 Å². The third-order valence-electron chi connectivity index (χ3n) is 8.35. The molecule has 272 valence electrons. The number of sulfonamides is 1. The number of carbonyl (C=O) groups is 2. The second-order valence-corrected chi connectivity index (χ2v) is 14.1. The smallest absolute Gasteiger partial charge is 0.490 e. The fourth-order valence-electron chi connectivity index (χ4n) is 5.55. The van der Waals surface area contributed by atoms with Gasteiger partial charge in [0.2, 0.25) is 15.9 Å². The molecular weight excluding hydrogens is 709 g/mol. The van der Waals surface area contributed by atoms with Gasteiger partial charge in [0.15, 0.2) is 6.04 Å². The first-order chi connectivity index (χ1) is 23.6. The van der Waals surface area contributed by atoms with Crippen LogP contribution in [0.4, 0.5) is 22.0 Å². The largest absolute Gasteiger partial charge is 0.493 e. The fourth-order valence-corrected chi connectivity index (χ4v) is 6.86. The molecule has 2 fully saturated rings. The highest BCUT2D eigenvalue weighted by atomic mass is 35.5. The number of piperazine rings is 1. The lowest BCUT2D eigenvalue weighted by Gasteiger charge is -2.34. The molecule has 9 nitrogen and oxygen atoms in total. The lowest BCUT2D eigenvalue weighted by Crippen LogP contribution is -2.59. The Morgan fingerprint density at radius 3 is 1.92 bits per heavy atom. The Morgan fingerprint density at radius 1 is 0.880 bits per heavy atom. The van der Waals surface area contributed by atoms with Crippen LogP contribution in [0.25, 0.3) is 11.1 Å². The maximum absolute atomic E-state index is 16.2. The van der Waals surface area contributed by atoms with E-state index >= 15 is 8.78 Å². The lowest BCUT2D eigenvalue weighted by molar-refractivity contribution is -0.192. The first-order valence-electron chi connectivity index (χ1n) is 15.9. The van der Waals surface area contributed by atoms with Gasteiger partial charge < -0.3 is 20.1 Å². The van der Waals surface area contributed by atoms with Crippen molar-refractivity contribution in [3.05, 3.63) is 83.4 Å². The summed E-state index contributed by atoms with van der Waals surface area (Å²) in [6, 6.07) is 15.7. The maximum atomic E-state index is 16.2. The summed E-state index contributed by atoms with van der Waals surface area (Å²) < 4.78 is 98.8. The molecule has 50 heavy (non-hydrogen) atoms. The van der Waals surface area contributed by atoms with Crippen LogP contribution >= 0.6 is 11.6 Å². The van der Waals surface area contributed by atoms with Crippen molar-refractivity contribution in [3.8, 4) is 16.9 Å². The Hall–Kier alpha value is -3.79. The van der Waals surface area contributed by atoms with Crippen LogP contribution < -0.4 is 14.8 Å². The molecule has 0 spiro atoms. The normalized spacial score (nSPS) is 16.6. The number of benzene rings is 3. The molecule has 1 saturated carbocycles. The number of halogens is 6. The van der Waals surface area contributed by atoms with Crippen LogP contribution in [0.5, 0.6) is 5.75 Å². The summed E-state index contributed by atoms with van der Waals surface area (Å²) in [6.45, 7) is 1.78. The van der Waals surface area contributed by atoms with Crippen molar-refractivity contribution >= 4 is 33.5 Å². The zero-order valence-electron chi connectivity index (χ0n) is 26.8. The predicted molar refractivity (Wildman–Crippen MR) is 177 cm³/mol. The third-order valence-corrected chi connectivity index (χ3v) is 10.0. The van der Waals surface area contributed by atoms with Crippen molar-refractivity contribution in [2.24, 2.45) is 5.92 Å². The van der Waals surface area contributed by atoms with Gasteiger partial charge in [0.1, 0.15) is 5.75 Å². The van der Waals surface area contributed by atoms with Crippen molar-refractivity contribution in [2.45, 2.75) is 55.1 Å². The van der Waals surface area contributed by atoms with Gasteiger partial charge in [0, 0.05) is 36.8 Å². The number of rotatable bonds is 10. The van der Waals surface area contributed by atoms with Gasteiger partial charge >= 0.3 is 12.1 Å². The van der Waals surface area contributed by atoms with Gasteiger partial charge in [-0.15, -0.1) is 0 Å². The summed E-state index contributed by atoms with van der Waals surface area (Å²) in [5, 5.41) is 10.8. The molecule has 5 rings (SSSR count). The van der Waals surface area contributed by atoms with E-state index in [2.05, 4.69) is 10.0 Å². The van der Waals surface area contributed by atoms with Crippen LogP contribution in [0.3, 0.4) is 0 Å². The molecule has 3 N–H and O–H groups in total. The Labute approximate surface area is 291 Å². The summed E-state index contributed by atoms with van der Waals surface area (Å²) in [5.41, 5.74) is 0.972. The molecule has 1 aliphatic heterocycles. The number of nitrogens with one attached hydrogen (secondary N) is 2. The third kappa shape index (κ3) is 10.6. The molecule has 1 saturated heterocycles. The molecule has 1 atom stereocenters. The number of ether oxygens (including phenoxy) is 1. The Bertz CT molecular complexity index is 1680. The van der Waals surface area contributed by atoms with Crippen molar-refractivity contribution in [1.82, 2.24) is 14.9 Å². The fraction of sp³-hybridized carbons (Fsp3) is 0.412. The summed E-state index contributed by atoms with van der Waals surface area (Å²) in [5.74, 6) is -6.62. The van der Waals surface area contributed by atoms with E-state index in [0.29, 0.717) is 41.9 Å². The first kappa shape index (κ1) is 39.0. The number of carbonyl (C=O) groups excluding carboxylic acids is 1. The maximum Gasteiger partial charge on any atom is 0.490 e. The lowest BCUT2D eigenvalue weighted by atomic mass is 9.90. The highest BCUT2D eigenvalue weighted by molar-refractivity contribution is 7.89. The Morgan fingerprint density at radius 2 is 1.40 bits per heavy atom. The minimum absolute atomic E-state index is 0.190. The molecule has 0 bridgehead atoms. The minimum Gasteiger partial charge on any atom is -0.493 e. The minimum atomic E-state index is -5.08. The van der Waals surface area contributed by atoms with E-state index in [9.17, 15) is 26.4 Å². The number of nitrogens with zero attached hydrogens (tertiary/aromatic N) is 1. The van der Waals surface area contributed by atoms with Crippen LogP contribution in [-0.2, 0) is 25.5 Å². The van der Waals surface area contributed by atoms with Gasteiger partial charge in [-0.25, -0.2) is 13.2 Å². The van der Waals surface area contributed by atoms with E-state index in [1.807, 2.05) is 0 Å². The van der Waals surface area contributed by atoms with Crippen molar-refractivity contribution in [3.63, 3.8) is 0 Å². The number of carboxylic acid groups (broad SMARTS) is 1. The summed E-state index contributed by atoms with van der Waals surface area (Å²) >= 11 is 5.96. The second-order valence-electron chi connectivity index (χ2n) is 11.9. The average molecular weight is 746 g/mol. The van der Waals surface area contributed by atoms with Crippen LogP contribution in [0.1, 0.15) is 37.7 Å². The van der Waals surface area contributed by atoms with E-state index in [1.54, 1.807) is 24.3 Å². The van der Waals surface area contributed by atoms with E-state index in [-0.39, 0.29) is 18.0 Å². The molecule has 1 aliphatic carbocycles. The highest BCUT2D eigenvalue weighted by Crippen LogP contribution is 2.35. The zero-order chi connectivity index (χ0) is 36.5. The molecule has 0 unspecified atom stereocenters. The first-order valence-corrected chi connectivity index (χ1v) is 17.7. The molecule has 3 aromatic carbocycles. The standard InChI is InChI=1S/C32H36ClF2N3O4S.C2HF3O2/c33-27-12-8-25(9-13-27)24-6-10-26(11-7-24)32(34,35)30(31(39)38-20-18-36-19-21-38)37-43(40,41)29-16-14-28(15-17-29)42-22-23-4-2-1-3-5-23;3-2(4,5)1(6)7/h6-17,23,30,36-37H,1-5,18-22H2;(H,6,7)/t30-;/m0./s1. The number of carboxylic acids is 1. The zero-order valence-corrected chi connectivity index (χ0v) is 28.3. The monoisotopic (exact) mass is 745 g/mol. The molecule has 3 aromatic rings. The number of alkyl halides is 5. The molecule has 0 radical (unpaired) electrons. The van der Waals surface area contributed by atoms with Crippen LogP contribution in [-0.4, -0.2) is 75.3 Å². The molecule has 16 heteroatoms. The van der Waals surface area contributed by atoms with Crippen LogP contribution in [0.2, 0.25) is 5.02 Å². The number of amides is 1. The van der Waals surface area contributed by atoms with Crippen molar-refractivity contribution in [1.29, 1.82) is 0 Å². The van der Waals surface area contributed by atoms with Crippen molar-refractivity contribution < 1.29 is 49.8 Å². The Balaban J connectivity index is 0.000000727. The number of hydrogen-bond acceptors (Lipinski definition) is 6. The topological polar surface area (TPSA) is 125 Å². The van der Waals surface area contributed by atoms with Gasteiger partial charge in [0.25, 0.3) is 5.92 Å². The van der Waals surface area contributed by atoms with Gasteiger partial charge in [-0.05, 0) is 66.3 Å². The Kier molecular flexibility index (Phi) is 13.2. The van der Waals surface area contributed by atoms with Crippen LogP contribution in [0, 0.1) is 5.92 Å². The van der Waals surface area contributed by atoms with Gasteiger partial charge in [-0.3, -0.25) is 4.79 Å². The van der Waals surface area contributed by atoms with E-state index < -0.39 is 45.6 Å². The molecular formula is C34H37ClF5N3O6S. The summed E-state index contributed by atoms with van der Waals surface area (Å²) in [4.78, 5) is 23.4. The molecule has 2 aliphatic rings. The molecule has 0 aromatic heterocycles. The van der Waals surface area contributed by atoms with E-state index in [4.69, 9.17) is 26.2 Å². The van der Waals surface area contributed by atoms with Crippen LogP contribution in [0.15, 0.2) is 77.7 Å². The van der Waals surface area contributed by atoms with E-state index in [1.165, 1.54) is 72.7 Å². The van der Waals surface area contributed by atoms with Gasteiger partial charge in [-0.2, -0.15) is 26.7 Å². The molecule has 1 amide bonds. The SMILES string of the molecule is O=C(O)C(F)(F)F.O=C([C@H](NS(=O)(=O)c1ccc(OCC2CCCCC2)cc1)C(F)(F)c1ccc(-c2ccc(Cl)cc2)cc1)N1CCNCC1. The van der Waals surface area contributed by atoms with E-state index in [0.717, 1.165) is 18.4 Å². The second kappa shape index (κ2) is 16.9. The summed E-state index contributed by atoms with van der Waals surface area (Å²) in [7, 11) is -4.50. The van der Waals surface area contributed by atoms with Gasteiger partial charge in [0.05, 0.1) is 11.5 Å². The quantitative estimate of drug-likeness (QED) is 0.203. The molecule has 1 heterocycles. The summed E-state index contributed by atoms with van der Waals surface area (Å²) in [6.07, 6.45) is 0.736. The number of aliphatic carboxylic acids is 1. The average Bonchev–Trinajstić information content (AvgIpc) is 3.10. The predicted octanol–water partition coefficient (Wildman–Crippen LogP) is 6.47. The highest BCUT2D eigenvalue weighted by Gasteiger charge is 2.49. The van der Waals surface area contributed by atoms with Crippen molar-refractivity contribution in [2.75, 3.05) is 32.8 Å².